The Hall–Kier alpha value is -2.29. The van der Waals surface area contributed by atoms with E-state index in [1.54, 1.807) is 16.7 Å². The van der Waals surface area contributed by atoms with Crippen LogP contribution in [0.1, 0.15) is 12.8 Å². The first-order chi connectivity index (χ1) is 10.1. The summed E-state index contributed by atoms with van der Waals surface area (Å²) in [6.45, 7) is 0.345. The number of thioether (sulfide) groups is 1. The molecule has 2 heterocycles. The van der Waals surface area contributed by atoms with Gasteiger partial charge in [-0.3, -0.25) is 14.2 Å². The molecule has 8 nitrogen and oxygen atoms in total. The Morgan fingerprint density at radius 2 is 2.00 bits per heavy atom. The summed E-state index contributed by atoms with van der Waals surface area (Å²) >= 11 is 1.34. The summed E-state index contributed by atoms with van der Waals surface area (Å²) in [6, 6.07) is 3.49. The van der Waals surface area contributed by atoms with Crippen LogP contribution in [0.25, 0.3) is 11.6 Å². The molecule has 2 aromatic rings. The molecule has 0 saturated carbocycles. The van der Waals surface area contributed by atoms with Gasteiger partial charge in [0.1, 0.15) is 0 Å². The fourth-order valence-corrected chi connectivity index (χ4v) is 2.57. The Morgan fingerprint density at radius 1 is 1.24 bits per heavy atom. The van der Waals surface area contributed by atoms with Gasteiger partial charge in [-0.25, -0.2) is 0 Å². The van der Waals surface area contributed by atoms with Gasteiger partial charge in [-0.2, -0.15) is 0 Å². The zero-order chi connectivity index (χ0) is 15.2. The van der Waals surface area contributed by atoms with Gasteiger partial charge in [0.2, 0.25) is 11.8 Å². The van der Waals surface area contributed by atoms with E-state index < -0.39 is 5.91 Å². The normalized spacial score (nSPS) is 10.7. The highest BCUT2D eigenvalue weighted by Gasteiger charge is 2.16. The van der Waals surface area contributed by atoms with E-state index in [0.717, 1.165) is 0 Å². The number of rotatable bonds is 8. The second-order valence-corrected chi connectivity index (χ2v) is 5.28. The van der Waals surface area contributed by atoms with Gasteiger partial charge in [-0.05, 0) is 12.1 Å². The van der Waals surface area contributed by atoms with Crippen LogP contribution in [0.2, 0.25) is 0 Å². The quantitative estimate of drug-likeness (QED) is 0.678. The lowest BCUT2D eigenvalue weighted by Crippen LogP contribution is -2.15. The number of hydrogen-bond acceptors (Lipinski definition) is 6. The molecule has 0 saturated heterocycles. The molecule has 21 heavy (non-hydrogen) atoms. The Bertz CT molecular complexity index is 623. The Morgan fingerprint density at radius 3 is 2.62 bits per heavy atom. The maximum absolute atomic E-state index is 11.0. The van der Waals surface area contributed by atoms with Crippen LogP contribution >= 0.6 is 11.8 Å². The lowest BCUT2D eigenvalue weighted by molar-refractivity contribution is -0.118. The molecule has 2 amide bonds. The van der Waals surface area contributed by atoms with Crippen molar-refractivity contribution in [1.29, 1.82) is 0 Å². The van der Waals surface area contributed by atoms with Crippen molar-refractivity contribution in [3.8, 4) is 11.6 Å². The van der Waals surface area contributed by atoms with E-state index in [1.165, 1.54) is 18.0 Å². The third kappa shape index (κ3) is 4.09. The first kappa shape index (κ1) is 15.1. The van der Waals surface area contributed by atoms with Crippen molar-refractivity contribution < 1.29 is 14.0 Å². The van der Waals surface area contributed by atoms with Gasteiger partial charge in [0.05, 0.1) is 6.26 Å². The molecular formula is C12H15N5O3S. The largest absolute Gasteiger partial charge is 0.461 e. The molecule has 0 aliphatic heterocycles. The first-order valence-corrected chi connectivity index (χ1v) is 7.23. The van der Waals surface area contributed by atoms with Crippen LogP contribution in [0, 0.1) is 0 Å². The minimum atomic E-state index is -0.415. The molecule has 2 aromatic heterocycles. The predicted octanol–water partition coefficient (Wildman–Crippen LogP) is 0.381. The summed E-state index contributed by atoms with van der Waals surface area (Å²) in [7, 11) is 0. The van der Waals surface area contributed by atoms with Crippen LogP contribution in [0.5, 0.6) is 0 Å². The maximum Gasteiger partial charge on any atom is 0.219 e. The minimum Gasteiger partial charge on any atom is -0.461 e. The number of furan rings is 1. The zero-order valence-electron chi connectivity index (χ0n) is 11.2. The molecule has 0 unspecified atom stereocenters. The maximum atomic E-state index is 11.0. The molecule has 0 atom stereocenters. The molecule has 0 aromatic carbocycles. The second-order valence-electron chi connectivity index (χ2n) is 4.22. The van der Waals surface area contributed by atoms with Crippen molar-refractivity contribution in [3.63, 3.8) is 0 Å². The van der Waals surface area contributed by atoms with Crippen molar-refractivity contribution in [2.45, 2.75) is 24.5 Å². The number of aromatic nitrogens is 3. The Kier molecular flexibility index (Phi) is 4.99. The highest BCUT2D eigenvalue weighted by atomic mass is 32.2. The average Bonchev–Trinajstić information content (AvgIpc) is 3.04. The number of primary amides is 2. The van der Waals surface area contributed by atoms with E-state index in [2.05, 4.69) is 10.2 Å². The first-order valence-electron chi connectivity index (χ1n) is 6.24. The third-order valence-electron chi connectivity index (χ3n) is 2.62. The van der Waals surface area contributed by atoms with Crippen LogP contribution in [-0.4, -0.2) is 32.3 Å². The summed E-state index contributed by atoms with van der Waals surface area (Å²) in [4.78, 5) is 21.8. The van der Waals surface area contributed by atoms with Gasteiger partial charge < -0.3 is 15.9 Å². The second kappa shape index (κ2) is 6.93. The number of nitrogens with zero attached hydrogens (tertiary/aromatic N) is 3. The fourth-order valence-electron chi connectivity index (χ4n) is 1.65. The number of carbonyl (C=O) groups is 2. The van der Waals surface area contributed by atoms with Crippen LogP contribution < -0.4 is 11.5 Å². The molecule has 0 fully saturated rings. The highest BCUT2D eigenvalue weighted by Crippen LogP contribution is 2.24. The van der Waals surface area contributed by atoms with E-state index in [9.17, 15) is 9.59 Å². The van der Waals surface area contributed by atoms with E-state index in [0.29, 0.717) is 29.0 Å². The van der Waals surface area contributed by atoms with Gasteiger partial charge in [0, 0.05) is 25.1 Å². The molecule has 0 bridgehead atoms. The van der Waals surface area contributed by atoms with E-state index >= 15 is 0 Å². The molecule has 4 N–H and O–H groups in total. The number of hydrogen-bond donors (Lipinski definition) is 2. The van der Waals surface area contributed by atoms with Crippen molar-refractivity contribution in [1.82, 2.24) is 14.8 Å². The lowest BCUT2D eigenvalue weighted by atomic mass is 10.3. The van der Waals surface area contributed by atoms with E-state index in [-0.39, 0.29) is 18.7 Å². The Labute approximate surface area is 124 Å². The zero-order valence-corrected chi connectivity index (χ0v) is 12.0. The van der Waals surface area contributed by atoms with Crippen molar-refractivity contribution in [3.05, 3.63) is 18.4 Å². The van der Waals surface area contributed by atoms with Crippen molar-refractivity contribution in [2.24, 2.45) is 11.5 Å². The molecule has 112 valence electrons. The summed E-state index contributed by atoms with van der Waals surface area (Å²) < 4.78 is 7.05. The monoisotopic (exact) mass is 309 g/mol. The van der Waals surface area contributed by atoms with Crippen LogP contribution in [-0.2, 0) is 16.1 Å². The fraction of sp³-hybridized carbons (Fsp3) is 0.333. The van der Waals surface area contributed by atoms with Crippen molar-refractivity contribution in [2.75, 3.05) is 5.75 Å². The molecule has 2 rings (SSSR count). The standard InChI is InChI=1S/C12H15N5O3S/c13-9(18)3-5-17-11(8-2-1-6-20-8)15-16-12(17)21-7-4-10(14)19/h1-2,6H,3-5,7H2,(H2,13,18)(H2,14,19). The summed E-state index contributed by atoms with van der Waals surface area (Å²) in [5.41, 5.74) is 10.3. The van der Waals surface area contributed by atoms with E-state index in [4.69, 9.17) is 15.9 Å². The molecule has 9 heteroatoms. The highest BCUT2D eigenvalue weighted by molar-refractivity contribution is 7.99. The molecule has 0 spiro atoms. The molecule has 0 aliphatic rings. The van der Waals surface area contributed by atoms with Gasteiger partial charge in [0.25, 0.3) is 0 Å². The number of nitrogens with two attached hydrogens (primary N) is 2. The molecular weight excluding hydrogens is 294 g/mol. The van der Waals surface area contributed by atoms with Gasteiger partial charge >= 0.3 is 0 Å². The lowest BCUT2D eigenvalue weighted by Gasteiger charge is -2.07. The SMILES string of the molecule is NC(=O)CCSc1nnc(-c2ccco2)n1CCC(N)=O. The summed E-state index contributed by atoms with van der Waals surface area (Å²) in [5.74, 6) is 0.762. The average molecular weight is 309 g/mol. The summed E-state index contributed by atoms with van der Waals surface area (Å²) in [5, 5.41) is 8.71. The van der Waals surface area contributed by atoms with Crippen LogP contribution in [0.15, 0.2) is 28.0 Å². The van der Waals surface area contributed by atoms with Crippen LogP contribution in [0.4, 0.5) is 0 Å². The number of amides is 2. The molecule has 0 radical (unpaired) electrons. The Balaban J connectivity index is 2.19. The van der Waals surface area contributed by atoms with Crippen LogP contribution in [0.3, 0.4) is 0 Å². The van der Waals surface area contributed by atoms with Gasteiger partial charge in [-0.1, -0.05) is 11.8 Å². The minimum absolute atomic E-state index is 0.162. The molecule has 0 aliphatic carbocycles. The number of carbonyl (C=O) groups excluding carboxylic acids is 2. The van der Waals surface area contributed by atoms with Gasteiger partial charge in [-0.15, -0.1) is 10.2 Å². The van der Waals surface area contributed by atoms with E-state index in [1.807, 2.05) is 0 Å². The predicted molar refractivity (Wildman–Crippen MR) is 76.1 cm³/mol. The third-order valence-corrected chi connectivity index (χ3v) is 3.59. The van der Waals surface area contributed by atoms with Gasteiger partial charge in [0.15, 0.2) is 16.7 Å². The smallest absolute Gasteiger partial charge is 0.219 e. The topological polar surface area (TPSA) is 130 Å². The summed E-state index contributed by atoms with van der Waals surface area (Å²) in [6.07, 6.45) is 1.93. The van der Waals surface area contributed by atoms with Crippen molar-refractivity contribution >= 4 is 23.6 Å².